The van der Waals surface area contributed by atoms with E-state index in [9.17, 15) is 4.79 Å². The van der Waals surface area contributed by atoms with Crippen LogP contribution in [0, 0.1) is 0 Å². The minimum Gasteiger partial charge on any atom is -0.497 e. The first kappa shape index (κ1) is 22.2. The topological polar surface area (TPSA) is 91.2 Å². The van der Waals surface area contributed by atoms with Gasteiger partial charge in [-0.25, -0.2) is 4.98 Å². The summed E-state index contributed by atoms with van der Waals surface area (Å²) in [5, 5.41) is 0. The van der Waals surface area contributed by atoms with Gasteiger partial charge in [-0.2, -0.15) is 4.98 Å². The predicted molar refractivity (Wildman–Crippen MR) is 134 cm³/mol. The van der Waals surface area contributed by atoms with Crippen LogP contribution in [0.2, 0.25) is 0 Å². The van der Waals surface area contributed by atoms with Crippen LogP contribution in [-0.2, 0) is 20.0 Å². The second kappa shape index (κ2) is 9.30. The smallest absolute Gasteiger partial charge is 0.279 e. The zero-order valence-electron chi connectivity index (χ0n) is 19.6. The average molecular weight is 459 g/mol. The first-order chi connectivity index (χ1) is 16.5. The van der Waals surface area contributed by atoms with Gasteiger partial charge in [0.15, 0.2) is 11.2 Å². The highest BCUT2D eigenvalue weighted by atomic mass is 16.5. The molecular weight excluding hydrogens is 428 g/mol. The third kappa shape index (κ3) is 4.28. The van der Waals surface area contributed by atoms with E-state index in [0.717, 1.165) is 48.8 Å². The van der Waals surface area contributed by atoms with Crippen molar-refractivity contribution in [3.05, 3.63) is 81.9 Å². The molecule has 3 heterocycles. The normalized spacial score (nSPS) is 16.2. The van der Waals surface area contributed by atoms with Gasteiger partial charge in [0.25, 0.3) is 5.56 Å². The van der Waals surface area contributed by atoms with Crippen LogP contribution in [0.25, 0.3) is 11.2 Å². The molecule has 0 bridgehead atoms. The lowest BCUT2D eigenvalue weighted by Gasteiger charge is -2.31. The molecule has 8 nitrogen and oxygen atoms in total. The summed E-state index contributed by atoms with van der Waals surface area (Å²) in [7, 11) is 3.42. The lowest BCUT2D eigenvalue weighted by Crippen LogP contribution is -2.44. The Hall–Kier alpha value is -3.65. The Morgan fingerprint density at radius 2 is 1.88 bits per heavy atom. The lowest BCUT2D eigenvalue weighted by molar-refractivity contribution is 0.414. The first-order valence-electron chi connectivity index (χ1n) is 11.7. The number of methoxy groups -OCH3 is 1. The van der Waals surface area contributed by atoms with Crippen molar-refractivity contribution in [3.63, 3.8) is 0 Å². The number of benzene rings is 2. The molecule has 4 aromatic rings. The van der Waals surface area contributed by atoms with Crippen molar-refractivity contribution in [1.82, 2.24) is 19.1 Å². The highest BCUT2D eigenvalue weighted by Gasteiger charge is 2.25. The predicted octanol–water partition coefficient (Wildman–Crippen LogP) is 2.71. The molecule has 34 heavy (non-hydrogen) atoms. The number of fused-ring (bicyclic) bond motifs is 1. The number of ether oxygens (including phenoxy) is 1. The van der Waals surface area contributed by atoms with E-state index in [1.54, 1.807) is 18.7 Å². The van der Waals surface area contributed by atoms with E-state index in [1.807, 2.05) is 47.0 Å². The summed E-state index contributed by atoms with van der Waals surface area (Å²) in [6.45, 7) is 2.13. The van der Waals surface area contributed by atoms with E-state index < -0.39 is 0 Å². The van der Waals surface area contributed by atoms with Crippen molar-refractivity contribution < 1.29 is 4.74 Å². The lowest BCUT2D eigenvalue weighted by atomic mass is 10.1. The number of nitrogens with zero attached hydrogens (tertiary/aromatic N) is 5. The molecule has 0 spiro atoms. The number of nitrogens with two attached hydrogens (primary N) is 1. The van der Waals surface area contributed by atoms with Gasteiger partial charge in [0, 0.05) is 32.6 Å². The van der Waals surface area contributed by atoms with Gasteiger partial charge in [0.1, 0.15) is 11.6 Å². The van der Waals surface area contributed by atoms with Crippen molar-refractivity contribution in [1.29, 1.82) is 0 Å². The van der Waals surface area contributed by atoms with Gasteiger partial charge >= 0.3 is 0 Å². The minimum absolute atomic E-state index is 0.0955. The van der Waals surface area contributed by atoms with Crippen LogP contribution in [0.3, 0.4) is 0 Å². The zero-order valence-corrected chi connectivity index (χ0v) is 19.6. The van der Waals surface area contributed by atoms with Crippen molar-refractivity contribution >= 4 is 17.1 Å². The summed E-state index contributed by atoms with van der Waals surface area (Å²) in [4.78, 5) is 25.6. The largest absolute Gasteiger partial charge is 0.497 e. The summed E-state index contributed by atoms with van der Waals surface area (Å²) < 4.78 is 8.99. The fourth-order valence-electron chi connectivity index (χ4n) is 4.66. The number of anilines is 1. The molecule has 0 aliphatic carbocycles. The van der Waals surface area contributed by atoms with Crippen LogP contribution in [0.5, 0.6) is 5.75 Å². The highest BCUT2D eigenvalue weighted by molar-refractivity contribution is 5.74. The van der Waals surface area contributed by atoms with Gasteiger partial charge < -0.3 is 15.4 Å². The van der Waals surface area contributed by atoms with Crippen LogP contribution in [0.1, 0.15) is 29.8 Å². The molecule has 1 aliphatic rings. The Morgan fingerprint density at radius 1 is 1.09 bits per heavy atom. The number of hydrogen-bond acceptors (Lipinski definition) is 6. The van der Waals surface area contributed by atoms with Gasteiger partial charge in [-0.05, 0) is 36.1 Å². The van der Waals surface area contributed by atoms with Crippen LogP contribution >= 0.6 is 0 Å². The van der Waals surface area contributed by atoms with Crippen molar-refractivity contribution in [3.8, 4) is 5.75 Å². The van der Waals surface area contributed by atoms with Crippen molar-refractivity contribution in [2.45, 2.75) is 31.8 Å². The Morgan fingerprint density at radius 3 is 2.65 bits per heavy atom. The summed E-state index contributed by atoms with van der Waals surface area (Å²) in [6.07, 6.45) is 2.51. The highest BCUT2D eigenvalue weighted by Crippen LogP contribution is 2.25. The molecule has 0 radical (unpaired) electrons. The molecule has 1 saturated heterocycles. The van der Waals surface area contributed by atoms with E-state index in [1.165, 1.54) is 0 Å². The number of piperidine rings is 1. The SMILES string of the molecule is COc1cccc(Cc2nc3nc(N4CCCC(N)C4)n(Cc4ccccc4)c3c(=O)n2C)c1. The fourth-order valence-corrected chi connectivity index (χ4v) is 4.66. The maximum atomic E-state index is 13.6. The zero-order chi connectivity index (χ0) is 23.7. The quantitative estimate of drug-likeness (QED) is 0.478. The molecule has 2 N–H and O–H groups in total. The molecule has 5 rings (SSSR count). The van der Waals surface area contributed by atoms with Gasteiger partial charge in [-0.1, -0.05) is 42.5 Å². The van der Waals surface area contributed by atoms with Gasteiger partial charge in [0.2, 0.25) is 5.95 Å². The van der Waals surface area contributed by atoms with Crippen LogP contribution in [0.15, 0.2) is 59.4 Å². The summed E-state index contributed by atoms with van der Waals surface area (Å²) in [5.74, 6) is 2.20. The first-order valence-corrected chi connectivity index (χ1v) is 11.7. The molecule has 1 aliphatic heterocycles. The molecular formula is C26H30N6O2. The molecule has 1 unspecified atom stereocenters. The number of imidazole rings is 1. The Balaban J connectivity index is 1.62. The second-order valence-electron chi connectivity index (χ2n) is 8.92. The monoisotopic (exact) mass is 458 g/mol. The van der Waals surface area contributed by atoms with E-state index in [0.29, 0.717) is 30.0 Å². The third-order valence-electron chi connectivity index (χ3n) is 6.48. The van der Waals surface area contributed by atoms with Gasteiger partial charge in [-0.3, -0.25) is 13.9 Å². The van der Waals surface area contributed by atoms with E-state index in [4.69, 9.17) is 20.4 Å². The van der Waals surface area contributed by atoms with Crippen LogP contribution in [0.4, 0.5) is 5.95 Å². The molecule has 1 fully saturated rings. The molecule has 176 valence electrons. The standard InChI is InChI=1S/C26H30N6O2/c1-30-22(15-19-10-6-12-21(14-19)34-2)28-24-23(25(30)33)32(16-18-8-4-3-5-9-18)26(29-24)31-13-7-11-20(27)17-31/h3-6,8-10,12,14,20H,7,11,13,15-17,27H2,1-2H3. The Labute approximate surface area is 198 Å². The number of aromatic nitrogens is 4. The van der Waals surface area contributed by atoms with E-state index >= 15 is 0 Å². The number of hydrogen-bond donors (Lipinski definition) is 1. The van der Waals surface area contributed by atoms with Crippen molar-refractivity contribution in [2.75, 3.05) is 25.1 Å². The second-order valence-corrected chi connectivity index (χ2v) is 8.92. The molecule has 0 amide bonds. The summed E-state index contributed by atoms with van der Waals surface area (Å²) >= 11 is 0. The van der Waals surface area contributed by atoms with Gasteiger partial charge in [-0.15, -0.1) is 0 Å². The maximum Gasteiger partial charge on any atom is 0.279 e. The molecule has 2 aromatic carbocycles. The molecule has 8 heteroatoms. The maximum absolute atomic E-state index is 13.6. The number of rotatable bonds is 6. The average Bonchev–Trinajstić information content (AvgIpc) is 3.21. The molecule has 1 atom stereocenters. The molecule has 0 saturated carbocycles. The minimum atomic E-state index is -0.0983. The van der Waals surface area contributed by atoms with E-state index in [2.05, 4.69) is 17.0 Å². The third-order valence-corrected chi connectivity index (χ3v) is 6.48. The fraction of sp³-hybridized carbons (Fsp3) is 0.346. The van der Waals surface area contributed by atoms with Crippen LogP contribution < -0.4 is 20.9 Å². The van der Waals surface area contributed by atoms with Gasteiger partial charge in [0.05, 0.1) is 13.7 Å². The van der Waals surface area contributed by atoms with Crippen molar-refractivity contribution in [2.24, 2.45) is 12.8 Å². The van der Waals surface area contributed by atoms with E-state index in [-0.39, 0.29) is 11.6 Å². The summed E-state index contributed by atoms with van der Waals surface area (Å²) in [6, 6.07) is 18.0. The Kier molecular flexibility index (Phi) is 6.06. The Bertz CT molecular complexity index is 1360. The molecule has 2 aromatic heterocycles. The van der Waals surface area contributed by atoms with Crippen LogP contribution in [-0.4, -0.2) is 45.3 Å². The summed E-state index contributed by atoms with van der Waals surface area (Å²) in [5.41, 5.74) is 9.30.